The van der Waals surface area contributed by atoms with Gasteiger partial charge >= 0.3 is 6.18 Å². The van der Waals surface area contributed by atoms with Gasteiger partial charge in [0, 0.05) is 15.6 Å². The highest BCUT2D eigenvalue weighted by molar-refractivity contribution is 8.00. The van der Waals surface area contributed by atoms with E-state index in [1.165, 1.54) is 23.9 Å². The molecule has 2 aromatic carbocycles. The molecule has 116 valence electrons. The van der Waals surface area contributed by atoms with Crippen LogP contribution in [-0.2, 0) is 11.0 Å². The molecular weight excluding hydrogens is 335 g/mol. The number of anilines is 1. The average molecular weight is 346 g/mol. The highest BCUT2D eigenvalue weighted by Gasteiger charge is 2.30. The van der Waals surface area contributed by atoms with Gasteiger partial charge in [-0.3, -0.25) is 4.79 Å². The van der Waals surface area contributed by atoms with Crippen LogP contribution >= 0.6 is 23.4 Å². The van der Waals surface area contributed by atoms with E-state index in [2.05, 4.69) is 5.32 Å². The molecule has 0 radical (unpaired) electrons. The van der Waals surface area contributed by atoms with Crippen molar-refractivity contribution in [2.45, 2.75) is 11.1 Å². The molecule has 2 rings (SSSR count). The molecule has 0 atom stereocenters. The molecule has 0 fully saturated rings. The molecular formula is C15H11ClF3NOS. The van der Waals surface area contributed by atoms with E-state index in [0.29, 0.717) is 5.02 Å². The quantitative estimate of drug-likeness (QED) is 0.782. The molecule has 0 unspecified atom stereocenters. The molecule has 0 aliphatic carbocycles. The largest absolute Gasteiger partial charge is 0.416 e. The van der Waals surface area contributed by atoms with Gasteiger partial charge in [-0.25, -0.2) is 0 Å². The number of nitrogens with one attached hydrogen (secondary N) is 1. The Bertz CT molecular complexity index is 676. The summed E-state index contributed by atoms with van der Waals surface area (Å²) in [6, 6.07) is 11.5. The number of rotatable bonds is 4. The van der Waals surface area contributed by atoms with Crippen molar-refractivity contribution in [3.8, 4) is 0 Å². The Morgan fingerprint density at radius 2 is 1.86 bits per heavy atom. The van der Waals surface area contributed by atoms with Crippen LogP contribution in [0.15, 0.2) is 53.4 Å². The third-order valence-electron chi connectivity index (χ3n) is 2.64. The number of benzene rings is 2. The lowest BCUT2D eigenvalue weighted by Crippen LogP contribution is -2.15. The fraction of sp³-hybridized carbons (Fsp3) is 0.133. The molecule has 1 N–H and O–H groups in total. The number of hydrogen-bond donors (Lipinski definition) is 1. The normalized spacial score (nSPS) is 11.3. The second-order valence-electron chi connectivity index (χ2n) is 4.37. The molecule has 0 spiro atoms. The Morgan fingerprint density at radius 3 is 2.55 bits per heavy atom. The van der Waals surface area contributed by atoms with E-state index in [4.69, 9.17) is 11.6 Å². The minimum absolute atomic E-state index is 0.0799. The molecule has 0 aromatic heterocycles. The first kappa shape index (κ1) is 16.7. The molecule has 0 aliphatic rings. The summed E-state index contributed by atoms with van der Waals surface area (Å²) in [4.78, 5) is 12.6. The van der Waals surface area contributed by atoms with Crippen LogP contribution in [0.5, 0.6) is 0 Å². The zero-order valence-electron chi connectivity index (χ0n) is 11.2. The Labute approximate surface area is 134 Å². The van der Waals surface area contributed by atoms with E-state index in [1.54, 1.807) is 24.3 Å². The van der Waals surface area contributed by atoms with Crippen molar-refractivity contribution in [2.24, 2.45) is 0 Å². The number of halogens is 4. The highest BCUT2D eigenvalue weighted by Crippen LogP contribution is 2.30. The third-order valence-corrected chi connectivity index (χ3v) is 3.87. The van der Waals surface area contributed by atoms with Crippen LogP contribution in [0.1, 0.15) is 5.56 Å². The Balaban J connectivity index is 1.95. The van der Waals surface area contributed by atoms with Crippen LogP contribution in [0.2, 0.25) is 5.02 Å². The lowest BCUT2D eigenvalue weighted by atomic mass is 10.2. The third kappa shape index (κ3) is 4.96. The van der Waals surface area contributed by atoms with Crippen molar-refractivity contribution >= 4 is 35.0 Å². The van der Waals surface area contributed by atoms with Crippen molar-refractivity contribution in [3.63, 3.8) is 0 Å². The Hall–Kier alpha value is -1.66. The van der Waals surface area contributed by atoms with E-state index >= 15 is 0 Å². The Kier molecular flexibility index (Phi) is 5.37. The van der Waals surface area contributed by atoms with E-state index in [1.807, 2.05) is 0 Å². The molecule has 1 amide bonds. The number of hydrogen-bond acceptors (Lipinski definition) is 2. The first-order valence-corrected chi connectivity index (χ1v) is 7.56. The van der Waals surface area contributed by atoms with Crippen LogP contribution in [0.25, 0.3) is 0 Å². The average Bonchev–Trinajstić information content (AvgIpc) is 2.45. The van der Waals surface area contributed by atoms with Gasteiger partial charge in [-0.15, -0.1) is 11.8 Å². The van der Waals surface area contributed by atoms with Gasteiger partial charge in [0.1, 0.15) is 0 Å². The summed E-state index contributed by atoms with van der Waals surface area (Å²) in [6.07, 6.45) is -4.43. The first-order chi connectivity index (χ1) is 10.3. The standard InChI is InChI=1S/C15H11ClF3NOS/c16-11-4-2-6-13(8-11)22-9-14(21)20-12-5-1-3-10(7-12)15(17,18)19/h1-8H,9H2,(H,20,21). The molecule has 7 heteroatoms. The topological polar surface area (TPSA) is 29.1 Å². The van der Waals surface area contributed by atoms with Gasteiger partial charge in [0.15, 0.2) is 0 Å². The van der Waals surface area contributed by atoms with Crippen LogP contribution in [-0.4, -0.2) is 11.7 Å². The summed E-state index contributed by atoms with van der Waals surface area (Å²) in [5, 5.41) is 3.01. The molecule has 0 saturated carbocycles. The number of carbonyl (C=O) groups is 1. The summed E-state index contributed by atoms with van der Waals surface area (Å²) >= 11 is 7.08. The van der Waals surface area contributed by atoms with Gasteiger partial charge < -0.3 is 5.32 Å². The molecule has 0 aliphatic heterocycles. The number of amides is 1. The molecule has 0 heterocycles. The lowest BCUT2D eigenvalue weighted by molar-refractivity contribution is -0.137. The number of alkyl halides is 3. The van der Waals surface area contributed by atoms with E-state index < -0.39 is 11.7 Å². The highest BCUT2D eigenvalue weighted by atomic mass is 35.5. The van der Waals surface area contributed by atoms with Gasteiger partial charge in [0.05, 0.1) is 11.3 Å². The maximum Gasteiger partial charge on any atom is 0.416 e. The van der Waals surface area contributed by atoms with Crippen LogP contribution in [0.3, 0.4) is 0 Å². The fourth-order valence-electron chi connectivity index (χ4n) is 1.68. The maximum atomic E-state index is 12.6. The summed E-state index contributed by atoms with van der Waals surface area (Å²) in [5.74, 6) is -0.305. The van der Waals surface area contributed by atoms with Crippen LogP contribution in [0.4, 0.5) is 18.9 Å². The van der Waals surface area contributed by atoms with Gasteiger partial charge in [0.25, 0.3) is 0 Å². The van der Waals surface area contributed by atoms with Crippen LogP contribution < -0.4 is 5.32 Å². The fourth-order valence-corrected chi connectivity index (χ4v) is 2.69. The summed E-state index contributed by atoms with van der Waals surface area (Å²) in [6.45, 7) is 0. The molecule has 22 heavy (non-hydrogen) atoms. The van der Waals surface area contributed by atoms with Crippen molar-refractivity contribution in [2.75, 3.05) is 11.1 Å². The molecule has 0 saturated heterocycles. The second kappa shape index (κ2) is 7.07. The van der Waals surface area contributed by atoms with Gasteiger partial charge in [-0.05, 0) is 36.4 Å². The smallest absolute Gasteiger partial charge is 0.325 e. The number of carbonyl (C=O) groups excluding carboxylic acids is 1. The lowest BCUT2D eigenvalue weighted by Gasteiger charge is -2.09. The maximum absolute atomic E-state index is 12.6. The van der Waals surface area contributed by atoms with Crippen molar-refractivity contribution < 1.29 is 18.0 Å². The first-order valence-electron chi connectivity index (χ1n) is 6.20. The minimum atomic E-state index is -4.43. The van der Waals surface area contributed by atoms with Gasteiger partial charge in [0.2, 0.25) is 5.91 Å². The van der Waals surface area contributed by atoms with Crippen molar-refractivity contribution in [3.05, 3.63) is 59.1 Å². The number of thioether (sulfide) groups is 1. The van der Waals surface area contributed by atoms with Gasteiger partial charge in [-0.1, -0.05) is 23.7 Å². The zero-order valence-corrected chi connectivity index (χ0v) is 12.7. The second-order valence-corrected chi connectivity index (χ2v) is 5.86. The van der Waals surface area contributed by atoms with Crippen molar-refractivity contribution in [1.29, 1.82) is 0 Å². The van der Waals surface area contributed by atoms with E-state index in [9.17, 15) is 18.0 Å². The monoisotopic (exact) mass is 345 g/mol. The van der Waals surface area contributed by atoms with E-state index in [-0.39, 0.29) is 17.3 Å². The SMILES string of the molecule is O=C(CSc1cccc(Cl)c1)Nc1cccc(C(F)(F)F)c1. The molecule has 2 nitrogen and oxygen atoms in total. The summed E-state index contributed by atoms with van der Waals surface area (Å²) in [7, 11) is 0. The van der Waals surface area contributed by atoms with Crippen molar-refractivity contribution in [1.82, 2.24) is 0 Å². The minimum Gasteiger partial charge on any atom is -0.325 e. The van der Waals surface area contributed by atoms with E-state index in [0.717, 1.165) is 17.0 Å². The predicted octanol–water partition coefficient (Wildman–Crippen LogP) is 5.09. The predicted molar refractivity (Wildman–Crippen MR) is 82.2 cm³/mol. The molecule has 2 aromatic rings. The zero-order chi connectivity index (χ0) is 16.2. The molecule has 0 bridgehead atoms. The Morgan fingerprint density at radius 1 is 1.14 bits per heavy atom. The van der Waals surface area contributed by atoms with Gasteiger partial charge in [-0.2, -0.15) is 13.2 Å². The summed E-state index contributed by atoms with van der Waals surface area (Å²) in [5.41, 5.74) is -0.681. The summed E-state index contributed by atoms with van der Waals surface area (Å²) < 4.78 is 37.7. The van der Waals surface area contributed by atoms with Crippen LogP contribution in [0, 0.1) is 0 Å².